The zero-order valence-electron chi connectivity index (χ0n) is 12.9. The van der Waals surface area contributed by atoms with Gasteiger partial charge in [-0.1, -0.05) is 20.8 Å². The van der Waals surface area contributed by atoms with E-state index in [4.69, 9.17) is 32.4 Å². The molecule has 2 amide bonds. The molecule has 0 aromatic rings. The molecular weight excluding hydrogens is 333 g/mol. The van der Waals surface area contributed by atoms with Gasteiger partial charge in [0.25, 0.3) is 0 Å². The highest BCUT2D eigenvalue weighted by atomic mass is 35.5. The number of piperidine rings is 1. The summed E-state index contributed by atoms with van der Waals surface area (Å²) in [6.07, 6.45) is -0.685. The lowest BCUT2D eigenvalue weighted by molar-refractivity contribution is -0.129. The third-order valence-corrected chi connectivity index (χ3v) is 10.2. The number of carbonyl (C=O) groups excluding carboxylic acids is 2. The first kappa shape index (κ1) is 17.1. The molecule has 21 heavy (non-hydrogen) atoms. The molecule has 2 unspecified atom stereocenters. The van der Waals surface area contributed by atoms with Crippen molar-refractivity contribution in [3.05, 3.63) is 0 Å². The summed E-state index contributed by atoms with van der Waals surface area (Å²) in [5.41, 5.74) is 0. The normalized spacial score (nSPS) is 27.6. The summed E-state index contributed by atoms with van der Waals surface area (Å²) in [5, 5.41) is 0.0291. The number of ether oxygens (including phenoxy) is 1. The van der Waals surface area contributed by atoms with Crippen molar-refractivity contribution in [2.24, 2.45) is 11.8 Å². The molecule has 2 fully saturated rings. The predicted molar refractivity (Wildman–Crippen MR) is 82.8 cm³/mol. The first-order chi connectivity index (χ1) is 9.39. The van der Waals surface area contributed by atoms with E-state index in [-0.39, 0.29) is 30.2 Å². The maximum Gasteiger partial charge on any atom is 0.418 e. The third kappa shape index (κ3) is 2.95. The minimum atomic E-state index is -1.98. The number of hydrogen-bond donors (Lipinski definition) is 0. The minimum Gasteiger partial charge on any atom is -0.423 e. The summed E-state index contributed by atoms with van der Waals surface area (Å²) in [6, 6.07) is 0. The van der Waals surface area contributed by atoms with E-state index >= 15 is 0 Å². The number of fused-ring (bicyclic) bond motifs is 1. The Morgan fingerprint density at radius 3 is 2.43 bits per heavy atom. The first-order valence-electron chi connectivity index (χ1n) is 6.89. The summed E-state index contributed by atoms with van der Waals surface area (Å²) >= 11 is 11.9. The van der Waals surface area contributed by atoms with Crippen LogP contribution in [0.15, 0.2) is 0 Å². The molecular formula is C13H21Cl2NO4Si. The van der Waals surface area contributed by atoms with Crippen molar-refractivity contribution >= 4 is 43.5 Å². The molecule has 2 aliphatic rings. The second-order valence-electron chi connectivity index (χ2n) is 7.14. The van der Waals surface area contributed by atoms with Gasteiger partial charge in [-0.3, -0.25) is 4.79 Å². The van der Waals surface area contributed by atoms with Crippen LogP contribution in [-0.2, 0) is 14.0 Å². The Balaban J connectivity index is 1.81. The molecule has 1 aliphatic carbocycles. The van der Waals surface area contributed by atoms with E-state index in [1.165, 1.54) is 0 Å². The Labute approximate surface area is 136 Å². The number of likely N-dealkylation sites (tertiary alicyclic amines) is 1. The van der Waals surface area contributed by atoms with Gasteiger partial charge >= 0.3 is 6.09 Å². The van der Waals surface area contributed by atoms with Crippen molar-refractivity contribution in [3.8, 4) is 0 Å². The minimum absolute atomic E-state index is 0.0291. The van der Waals surface area contributed by atoms with Gasteiger partial charge in [-0.25, -0.2) is 9.69 Å². The largest absolute Gasteiger partial charge is 0.423 e. The van der Waals surface area contributed by atoms with Gasteiger partial charge in [-0.15, -0.1) is 23.2 Å². The average Bonchev–Trinajstić information content (AvgIpc) is 2.64. The van der Waals surface area contributed by atoms with Gasteiger partial charge in [-0.05, 0) is 18.1 Å². The van der Waals surface area contributed by atoms with Crippen molar-refractivity contribution in [1.82, 2.24) is 4.90 Å². The summed E-state index contributed by atoms with van der Waals surface area (Å²) < 4.78 is 9.79. The Bertz CT molecular complexity index is 475. The Kier molecular flexibility index (Phi) is 4.15. The van der Waals surface area contributed by atoms with Crippen molar-refractivity contribution in [2.45, 2.75) is 43.2 Å². The fourth-order valence-electron chi connectivity index (χ4n) is 2.09. The SMILES string of the molecule is CC(C)(C)[Si](C)(C)OCOC(=O)N1CC2C(C1=O)C2(Cl)Cl. The fourth-order valence-corrected chi connectivity index (χ4v) is 3.64. The number of amides is 2. The van der Waals surface area contributed by atoms with Crippen molar-refractivity contribution in [2.75, 3.05) is 13.3 Å². The number of imide groups is 1. The van der Waals surface area contributed by atoms with E-state index in [9.17, 15) is 9.59 Å². The zero-order chi connectivity index (χ0) is 16.2. The molecule has 0 aromatic heterocycles. The number of halogens is 2. The van der Waals surface area contributed by atoms with E-state index in [2.05, 4.69) is 33.9 Å². The number of nitrogens with zero attached hydrogens (tertiary/aromatic N) is 1. The highest BCUT2D eigenvalue weighted by Crippen LogP contribution is 2.63. The topological polar surface area (TPSA) is 55.8 Å². The van der Waals surface area contributed by atoms with Crippen LogP contribution < -0.4 is 0 Å². The lowest BCUT2D eigenvalue weighted by atomic mass is 10.2. The van der Waals surface area contributed by atoms with E-state index < -0.39 is 24.7 Å². The van der Waals surface area contributed by atoms with E-state index in [0.29, 0.717) is 0 Å². The Morgan fingerprint density at radius 2 is 2.00 bits per heavy atom. The lowest BCUT2D eigenvalue weighted by Gasteiger charge is -2.35. The summed E-state index contributed by atoms with van der Waals surface area (Å²) in [5.74, 6) is -1.01. The molecule has 0 aromatic carbocycles. The van der Waals surface area contributed by atoms with Crippen LogP contribution in [0.5, 0.6) is 0 Å². The molecule has 0 bridgehead atoms. The van der Waals surface area contributed by atoms with Crippen LogP contribution in [0.1, 0.15) is 20.8 Å². The quantitative estimate of drug-likeness (QED) is 0.443. The molecule has 1 heterocycles. The van der Waals surface area contributed by atoms with Gasteiger partial charge < -0.3 is 9.16 Å². The smallest absolute Gasteiger partial charge is 0.418 e. The highest BCUT2D eigenvalue weighted by Gasteiger charge is 2.73. The fraction of sp³-hybridized carbons (Fsp3) is 0.846. The molecule has 1 saturated carbocycles. The first-order valence-corrected chi connectivity index (χ1v) is 10.6. The molecule has 5 nitrogen and oxygen atoms in total. The van der Waals surface area contributed by atoms with E-state index in [1.807, 2.05) is 0 Å². The van der Waals surface area contributed by atoms with Gasteiger partial charge in [0.1, 0.15) is 4.33 Å². The van der Waals surface area contributed by atoms with Gasteiger partial charge in [0.2, 0.25) is 5.91 Å². The van der Waals surface area contributed by atoms with Crippen molar-refractivity contribution in [1.29, 1.82) is 0 Å². The van der Waals surface area contributed by atoms with Crippen LogP contribution in [0.3, 0.4) is 0 Å². The molecule has 0 spiro atoms. The van der Waals surface area contributed by atoms with Crippen LogP contribution in [0.4, 0.5) is 4.79 Å². The average molecular weight is 354 g/mol. The van der Waals surface area contributed by atoms with Crippen molar-refractivity contribution in [3.63, 3.8) is 0 Å². The number of carbonyl (C=O) groups is 2. The molecule has 120 valence electrons. The molecule has 2 rings (SSSR count). The Morgan fingerprint density at radius 1 is 1.43 bits per heavy atom. The summed E-state index contributed by atoms with van der Waals surface area (Å²) in [6.45, 7) is 10.5. The van der Waals surface area contributed by atoms with E-state index in [0.717, 1.165) is 4.90 Å². The van der Waals surface area contributed by atoms with Crippen LogP contribution in [0.2, 0.25) is 18.1 Å². The van der Waals surface area contributed by atoms with Crippen LogP contribution in [0.25, 0.3) is 0 Å². The molecule has 0 N–H and O–H groups in total. The highest BCUT2D eigenvalue weighted by molar-refractivity contribution is 6.74. The zero-order valence-corrected chi connectivity index (χ0v) is 15.4. The predicted octanol–water partition coefficient (Wildman–Crippen LogP) is 3.36. The van der Waals surface area contributed by atoms with Gasteiger partial charge in [0.05, 0.1) is 5.92 Å². The van der Waals surface area contributed by atoms with Crippen LogP contribution >= 0.6 is 23.2 Å². The monoisotopic (exact) mass is 353 g/mol. The van der Waals surface area contributed by atoms with Crippen LogP contribution in [0, 0.1) is 11.8 Å². The molecule has 0 radical (unpaired) electrons. The van der Waals surface area contributed by atoms with Gasteiger partial charge in [0, 0.05) is 12.5 Å². The number of alkyl halides is 2. The van der Waals surface area contributed by atoms with E-state index in [1.54, 1.807) is 0 Å². The lowest BCUT2D eigenvalue weighted by Crippen LogP contribution is -2.43. The Hall–Kier alpha value is -0.303. The molecule has 1 aliphatic heterocycles. The number of rotatable bonds is 3. The molecule has 2 atom stereocenters. The number of hydrogen-bond acceptors (Lipinski definition) is 4. The standard InChI is InChI=1S/C13H21Cl2NO4Si/c1-12(2,3)21(4,5)20-7-19-11(18)16-6-8-9(10(16)17)13(8,14)15/h8-9H,6-7H2,1-5H3. The maximum atomic E-state index is 11.9. The third-order valence-electron chi connectivity index (χ3n) is 4.74. The van der Waals surface area contributed by atoms with Crippen molar-refractivity contribution < 1.29 is 18.8 Å². The second-order valence-corrected chi connectivity index (χ2v) is 13.4. The second kappa shape index (κ2) is 5.11. The van der Waals surface area contributed by atoms with Gasteiger partial charge in [-0.2, -0.15) is 0 Å². The summed E-state index contributed by atoms with van der Waals surface area (Å²) in [4.78, 5) is 24.9. The van der Waals surface area contributed by atoms with Gasteiger partial charge in [0.15, 0.2) is 15.1 Å². The molecule has 8 heteroatoms. The maximum absolute atomic E-state index is 11.9. The summed E-state index contributed by atoms with van der Waals surface area (Å²) in [7, 11) is -1.98. The van der Waals surface area contributed by atoms with Crippen LogP contribution in [-0.4, -0.2) is 42.9 Å². The molecule has 1 saturated heterocycles.